The maximum absolute atomic E-state index is 11.7. The molecule has 0 saturated heterocycles. The molecule has 2 N–H and O–H groups in total. The van der Waals surface area contributed by atoms with E-state index >= 15 is 0 Å². The molecule has 9 heteroatoms. The quantitative estimate of drug-likeness (QED) is 0.716. The molecule has 0 aliphatic heterocycles. The second-order valence-corrected chi connectivity index (χ2v) is 6.30. The molecule has 0 aliphatic rings. The molecule has 0 fully saturated rings. The highest BCUT2D eigenvalue weighted by atomic mass is 32.2. The lowest BCUT2D eigenvalue weighted by atomic mass is 10.0. The molecule has 2 amide bonds. The summed E-state index contributed by atoms with van der Waals surface area (Å²) in [5.41, 5.74) is 2.06. The summed E-state index contributed by atoms with van der Waals surface area (Å²) in [5, 5.41) is 17.0. The Morgan fingerprint density at radius 2 is 1.92 bits per heavy atom. The van der Waals surface area contributed by atoms with Crippen LogP contribution in [0.15, 0.2) is 29.4 Å². The molecule has 2 rings (SSSR count). The molecule has 1 aromatic carbocycles. The number of carbonyl (C=O) groups is 2. The van der Waals surface area contributed by atoms with Crippen molar-refractivity contribution >= 4 is 23.6 Å². The molecule has 0 radical (unpaired) electrons. The molecular weight excluding hydrogens is 328 g/mol. The summed E-state index contributed by atoms with van der Waals surface area (Å²) in [4.78, 5) is 22.8. The van der Waals surface area contributed by atoms with E-state index in [0.717, 1.165) is 5.69 Å². The zero-order valence-electron chi connectivity index (χ0n) is 13.8. The van der Waals surface area contributed by atoms with Gasteiger partial charge in [0.25, 0.3) is 0 Å². The van der Waals surface area contributed by atoms with Crippen LogP contribution in [0.25, 0.3) is 5.69 Å². The molecule has 128 valence electrons. The summed E-state index contributed by atoms with van der Waals surface area (Å²) < 4.78 is 1.58. The van der Waals surface area contributed by atoms with Crippen molar-refractivity contribution in [3.63, 3.8) is 0 Å². The first kappa shape index (κ1) is 17.9. The summed E-state index contributed by atoms with van der Waals surface area (Å²) in [6, 6.07) is 7.96. The monoisotopic (exact) mass is 348 g/mol. The number of thioether (sulfide) groups is 1. The van der Waals surface area contributed by atoms with Gasteiger partial charge in [0.05, 0.1) is 18.0 Å². The van der Waals surface area contributed by atoms with E-state index in [-0.39, 0.29) is 24.1 Å². The predicted molar refractivity (Wildman–Crippen MR) is 91.0 cm³/mol. The summed E-state index contributed by atoms with van der Waals surface area (Å²) in [6.07, 6.45) is 0. The normalized spacial score (nSPS) is 10.7. The SMILES string of the molecule is CNC(=O)CNC(=O)CSc1nnnn1-c1ccc(C(C)C)cc1. The van der Waals surface area contributed by atoms with Gasteiger partial charge in [0, 0.05) is 7.05 Å². The highest BCUT2D eigenvalue weighted by Gasteiger charge is 2.12. The van der Waals surface area contributed by atoms with Crippen LogP contribution < -0.4 is 10.6 Å². The Morgan fingerprint density at radius 3 is 2.54 bits per heavy atom. The van der Waals surface area contributed by atoms with Gasteiger partial charge in [-0.2, -0.15) is 4.68 Å². The molecule has 0 unspecified atom stereocenters. The standard InChI is InChI=1S/C15H20N6O2S/c1-10(2)11-4-6-12(7-5-11)21-15(18-19-20-21)24-9-14(23)17-8-13(22)16-3/h4-7,10H,8-9H2,1-3H3,(H,16,22)(H,17,23). The number of aromatic nitrogens is 4. The van der Waals surface area contributed by atoms with Crippen molar-refractivity contribution in [1.82, 2.24) is 30.8 Å². The van der Waals surface area contributed by atoms with Gasteiger partial charge in [-0.05, 0) is 34.0 Å². The van der Waals surface area contributed by atoms with Gasteiger partial charge in [-0.3, -0.25) is 9.59 Å². The maximum Gasteiger partial charge on any atom is 0.239 e. The summed E-state index contributed by atoms with van der Waals surface area (Å²) in [5.74, 6) is 0.0732. The van der Waals surface area contributed by atoms with Gasteiger partial charge in [0.1, 0.15) is 0 Å². The van der Waals surface area contributed by atoms with Gasteiger partial charge < -0.3 is 10.6 Å². The largest absolute Gasteiger partial charge is 0.358 e. The number of nitrogens with zero attached hydrogens (tertiary/aromatic N) is 4. The van der Waals surface area contributed by atoms with E-state index in [1.807, 2.05) is 24.3 Å². The number of carbonyl (C=O) groups excluding carboxylic acids is 2. The summed E-state index contributed by atoms with van der Waals surface area (Å²) in [7, 11) is 1.52. The Balaban J connectivity index is 1.97. The third-order valence-electron chi connectivity index (χ3n) is 3.30. The topological polar surface area (TPSA) is 102 Å². The fourth-order valence-electron chi connectivity index (χ4n) is 1.88. The maximum atomic E-state index is 11.7. The molecule has 0 spiro atoms. The van der Waals surface area contributed by atoms with E-state index in [2.05, 4.69) is 40.0 Å². The number of rotatable bonds is 7. The lowest BCUT2D eigenvalue weighted by Crippen LogP contribution is -2.36. The first-order valence-electron chi connectivity index (χ1n) is 7.50. The molecule has 0 bridgehead atoms. The van der Waals surface area contributed by atoms with Crippen molar-refractivity contribution < 1.29 is 9.59 Å². The fraction of sp³-hybridized carbons (Fsp3) is 0.400. The number of tetrazole rings is 1. The minimum Gasteiger partial charge on any atom is -0.358 e. The molecular formula is C15H20N6O2S. The minimum absolute atomic E-state index is 0.0441. The lowest BCUT2D eigenvalue weighted by Gasteiger charge is -2.08. The van der Waals surface area contributed by atoms with E-state index in [4.69, 9.17) is 0 Å². The Kier molecular flexibility index (Phi) is 6.30. The number of benzene rings is 1. The van der Waals surface area contributed by atoms with Crippen molar-refractivity contribution in [2.45, 2.75) is 24.9 Å². The minimum atomic E-state index is -0.256. The Bertz CT molecular complexity index is 698. The fourth-order valence-corrected chi connectivity index (χ4v) is 2.60. The zero-order chi connectivity index (χ0) is 17.5. The van der Waals surface area contributed by atoms with Crippen molar-refractivity contribution in [1.29, 1.82) is 0 Å². The van der Waals surface area contributed by atoms with Crippen molar-refractivity contribution in [3.05, 3.63) is 29.8 Å². The number of likely N-dealkylation sites (N-methyl/N-ethyl adjacent to an activating group) is 1. The molecule has 0 saturated carbocycles. The lowest BCUT2D eigenvalue weighted by molar-refractivity contribution is -0.124. The van der Waals surface area contributed by atoms with Gasteiger partial charge >= 0.3 is 0 Å². The molecule has 24 heavy (non-hydrogen) atoms. The van der Waals surface area contributed by atoms with Gasteiger partial charge in [-0.15, -0.1) is 5.10 Å². The predicted octanol–water partition coefficient (Wildman–Crippen LogP) is 0.740. The molecule has 0 atom stereocenters. The second kappa shape index (κ2) is 8.44. The van der Waals surface area contributed by atoms with Crippen molar-refractivity contribution in [2.24, 2.45) is 0 Å². The molecule has 0 aliphatic carbocycles. The van der Waals surface area contributed by atoms with Crippen LogP contribution in [-0.2, 0) is 9.59 Å². The summed E-state index contributed by atoms with van der Waals surface area (Å²) in [6.45, 7) is 4.22. The van der Waals surface area contributed by atoms with Gasteiger partial charge in [0.15, 0.2) is 0 Å². The average Bonchev–Trinajstić information content (AvgIpc) is 3.06. The van der Waals surface area contributed by atoms with E-state index < -0.39 is 0 Å². The molecule has 8 nitrogen and oxygen atoms in total. The van der Waals surface area contributed by atoms with E-state index in [1.54, 1.807) is 4.68 Å². The van der Waals surface area contributed by atoms with E-state index in [1.165, 1.54) is 24.4 Å². The van der Waals surface area contributed by atoms with Crippen molar-refractivity contribution in [2.75, 3.05) is 19.3 Å². The number of nitrogens with one attached hydrogen (secondary N) is 2. The van der Waals surface area contributed by atoms with Crippen LogP contribution in [0.1, 0.15) is 25.3 Å². The van der Waals surface area contributed by atoms with Gasteiger partial charge in [-0.1, -0.05) is 37.7 Å². The Morgan fingerprint density at radius 1 is 1.21 bits per heavy atom. The number of hydrogen-bond acceptors (Lipinski definition) is 6. The molecule has 1 heterocycles. The van der Waals surface area contributed by atoms with Crippen LogP contribution in [-0.4, -0.2) is 51.4 Å². The van der Waals surface area contributed by atoms with Crippen LogP contribution in [0.2, 0.25) is 0 Å². The second-order valence-electron chi connectivity index (χ2n) is 5.36. The van der Waals surface area contributed by atoms with Crippen LogP contribution in [0.3, 0.4) is 0 Å². The van der Waals surface area contributed by atoms with Gasteiger partial charge in [0.2, 0.25) is 17.0 Å². The van der Waals surface area contributed by atoms with E-state index in [0.29, 0.717) is 11.1 Å². The third-order valence-corrected chi connectivity index (χ3v) is 4.22. The molecule has 1 aromatic heterocycles. The molecule has 2 aromatic rings. The smallest absolute Gasteiger partial charge is 0.239 e. The Hall–Kier alpha value is -2.42. The van der Waals surface area contributed by atoms with E-state index in [9.17, 15) is 9.59 Å². The average molecular weight is 348 g/mol. The first-order valence-corrected chi connectivity index (χ1v) is 8.48. The number of amides is 2. The first-order chi connectivity index (χ1) is 11.5. The highest BCUT2D eigenvalue weighted by Crippen LogP contribution is 2.20. The van der Waals surface area contributed by atoms with Crippen molar-refractivity contribution in [3.8, 4) is 5.69 Å². The Labute approximate surface area is 144 Å². The van der Waals surface area contributed by atoms with Crippen LogP contribution in [0.4, 0.5) is 0 Å². The van der Waals surface area contributed by atoms with Crippen LogP contribution >= 0.6 is 11.8 Å². The highest BCUT2D eigenvalue weighted by molar-refractivity contribution is 7.99. The van der Waals surface area contributed by atoms with Crippen LogP contribution in [0, 0.1) is 0 Å². The van der Waals surface area contributed by atoms with Gasteiger partial charge in [-0.25, -0.2) is 0 Å². The third kappa shape index (κ3) is 4.79. The summed E-state index contributed by atoms with van der Waals surface area (Å²) >= 11 is 1.21. The number of hydrogen-bond donors (Lipinski definition) is 2. The van der Waals surface area contributed by atoms with Crippen LogP contribution in [0.5, 0.6) is 0 Å². The zero-order valence-corrected chi connectivity index (χ0v) is 14.6.